The molecule has 2 aliphatic heterocycles. The molecule has 150 valence electrons. The lowest BCUT2D eigenvalue weighted by Gasteiger charge is -2.27. The summed E-state index contributed by atoms with van der Waals surface area (Å²) in [5.74, 6) is -1.62. The van der Waals surface area contributed by atoms with Gasteiger partial charge in [-0.05, 0) is 24.1 Å². The van der Waals surface area contributed by atoms with E-state index in [4.69, 9.17) is 4.74 Å². The molecule has 0 radical (unpaired) electrons. The van der Waals surface area contributed by atoms with Gasteiger partial charge in [0.1, 0.15) is 12.3 Å². The van der Waals surface area contributed by atoms with Gasteiger partial charge >= 0.3 is 11.9 Å². The highest BCUT2D eigenvalue weighted by atomic mass is 32.2. The Bertz CT molecular complexity index is 939. The SMILES string of the molecule is COC(=O)c1cccc(COC(=O)C2=NN([C@H]3CCS(=O)(=O)C3)C(=O)CC2)c1. The van der Waals surface area contributed by atoms with Crippen LogP contribution in [-0.2, 0) is 35.5 Å². The number of hydrazone groups is 1. The van der Waals surface area contributed by atoms with Gasteiger partial charge < -0.3 is 9.47 Å². The maximum atomic E-state index is 12.3. The topological polar surface area (TPSA) is 119 Å². The zero-order valence-corrected chi connectivity index (χ0v) is 16.1. The molecule has 1 fully saturated rings. The number of methoxy groups -OCH3 is 1. The Kier molecular flexibility index (Phi) is 5.78. The molecule has 2 aliphatic rings. The summed E-state index contributed by atoms with van der Waals surface area (Å²) >= 11 is 0. The first-order chi connectivity index (χ1) is 13.3. The monoisotopic (exact) mass is 408 g/mol. The van der Waals surface area contributed by atoms with Gasteiger partial charge in [0.05, 0.1) is 30.2 Å². The summed E-state index contributed by atoms with van der Waals surface area (Å²) in [6.45, 7) is -0.0750. The smallest absolute Gasteiger partial charge is 0.354 e. The van der Waals surface area contributed by atoms with Crippen molar-refractivity contribution in [2.45, 2.75) is 31.9 Å². The van der Waals surface area contributed by atoms with Crippen molar-refractivity contribution in [3.05, 3.63) is 35.4 Å². The van der Waals surface area contributed by atoms with Crippen LogP contribution < -0.4 is 0 Å². The molecule has 0 aliphatic carbocycles. The zero-order valence-electron chi connectivity index (χ0n) is 15.3. The van der Waals surface area contributed by atoms with Crippen LogP contribution >= 0.6 is 0 Å². The van der Waals surface area contributed by atoms with Crippen LogP contribution in [0.15, 0.2) is 29.4 Å². The van der Waals surface area contributed by atoms with Gasteiger partial charge in [0.25, 0.3) is 0 Å². The van der Waals surface area contributed by atoms with Crippen molar-refractivity contribution in [2.24, 2.45) is 5.10 Å². The highest BCUT2D eigenvalue weighted by Crippen LogP contribution is 2.22. The van der Waals surface area contributed by atoms with E-state index in [2.05, 4.69) is 9.84 Å². The molecule has 0 bridgehead atoms. The Labute approximate surface area is 162 Å². The highest BCUT2D eigenvalue weighted by Gasteiger charge is 2.37. The highest BCUT2D eigenvalue weighted by molar-refractivity contribution is 7.91. The molecule has 1 saturated heterocycles. The maximum absolute atomic E-state index is 12.3. The Morgan fingerprint density at radius 3 is 2.71 bits per heavy atom. The Hall–Kier alpha value is -2.75. The first-order valence-corrected chi connectivity index (χ1v) is 10.6. The molecule has 0 saturated carbocycles. The van der Waals surface area contributed by atoms with Crippen molar-refractivity contribution in [1.29, 1.82) is 0 Å². The van der Waals surface area contributed by atoms with Crippen LogP contribution in [-0.4, -0.2) is 61.6 Å². The van der Waals surface area contributed by atoms with Gasteiger partial charge in [-0.15, -0.1) is 0 Å². The van der Waals surface area contributed by atoms with Crippen molar-refractivity contribution >= 4 is 33.4 Å². The van der Waals surface area contributed by atoms with E-state index < -0.39 is 27.8 Å². The van der Waals surface area contributed by atoms with Crippen molar-refractivity contribution in [3.63, 3.8) is 0 Å². The van der Waals surface area contributed by atoms with E-state index in [1.54, 1.807) is 24.3 Å². The lowest BCUT2D eigenvalue weighted by molar-refractivity contribution is -0.138. The molecule has 1 amide bonds. The third kappa shape index (κ3) is 4.56. The Balaban J connectivity index is 1.66. The fourth-order valence-electron chi connectivity index (χ4n) is 3.11. The van der Waals surface area contributed by atoms with E-state index in [9.17, 15) is 22.8 Å². The van der Waals surface area contributed by atoms with Gasteiger partial charge in [0.15, 0.2) is 9.84 Å². The molecule has 0 unspecified atom stereocenters. The standard InChI is InChI=1S/C18H20N2O7S/c1-26-17(22)13-4-2-3-12(9-13)10-27-18(23)15-5-6-16(21)20(19-15)14-7-8-28(24,25)11-14/h2-4,9,14H,5-8,10-11H2,1H3/t14-/m0/s1. The van der Waals surface area contributed by atoms with Crippen LogP contribution in [0.2, 0.25) is 0 Å². The summed E-state index contributed by atoms with van der Waals surface area (Å²) in [6.07, 6.45) is 0.512. The molecule has 9 nitrogen and oxygen atoms in total. The zero-order chi connectivity index (χ0) is 20.3. The molecule has 2 heterocycles. The predicted octanol–water partition coefficient (Wildman–Crippen LogP) is 0.682. The average Bonchev–Trinajstić information content (AvgIpc) is 3.05. The van der Waals surface area contributed by atoms with Gasteiger partial charge in [-0.3, -0.25) is 4.79 Å². The molecule has 0 spiro atoms. The molecule has 3 rings (SSSR count). The minimum atomic E-state index is -3.18. The molecule has 10 heteroatoms. The number of carbonyl (C=O) groups is 3. The minimum Gasteiger partial charge on any atom is -0.465 e. The first kappa shape index (κ1) is 20.0. The Morgan fingerprint density at radius 2 is 2.04 bits per heavy atom. The third-order valence-corrected chi connectivity index (χ3v) is 6.32. The molecular formula is C18H20N2O7S. The summed E-state index contributed by atoms with van der Waals surface area (Å²) in [7, 11) is -1.91. The van der Waals surface area contributed by atoms with Crippen molar-refractivity contribution < 1.29 is 32.3 Å². The second-order valence-corrected chi connectivity index (χ2v) is 8.84. The molecule has 0 N–H and O–H groups in total. The number of benzene rings is 1. The first-order valence-electron chi connectivity index (χ1n) is 8.73. The van der Waals surface area contributed by atoms with E-state index >= 15 is 0 Å². The van der Waals surface area contributed by atoms with E-state index in [0.29, 0.717) is 17.5 Å². The summed E-state index contributed by atoms with van der Waals surface area (Å²) in [5.41, 5.74) is 1.01. The second-order valence-electron chi connectivity index (χ2n) is 6.61. The van der Waals surface area contributed by atoms with Crippen molar-refractivity contribution in [3.8, 4) is 0 Å². The summed E-state index contributed by atoms with van der Waals surface area (Å²) in [4.78, 5) is 36.0. The number of ether oxygens (including phenoxy) is 2. The number of nitrogens with zero attached hydrogens (tertiary/aromatic N) is 2. The lowest BCUT2D eigenvalue weighted by Crippen LogP contribution is -2.42. The summed E-state index contributed by atoms with van der Waals surface area (Å²) < 4.78 is 33.2. The van der Waals surface area contributed by atoms with E-state index in [-0.39, 0.29) is 42.6 Å². The summed E-state index contributed by atoms with van der Waals surface area (Å²) in [5, 5.41) is 5.18. The quantitative estimate of drug-likeness (QED) is 0.657. The van der Waals surface area contributed by atoms with Crippen LogP contribution in [0, 0.1) is 0 Å². The van der Waals surface area contributed by atoms with Crippen LogP contribution in [0.5, 0.6) is 0 Å². The van der Waals surface area contributed by atoms with Crippen LogP contribution in [0.1, 0.15) is 35.2 Å². The van der Waals surface area contributed by atoms with Gasteiger partial charge in [0, 0.05) is 12.8 Å². The van der Waals surface area contributed by atoms with Crippen molar-refractivity contribution in [1.82, 2.24) is 5.01 Å². The maximum Gasteiger partial charge on any atom is 0.354 e. The second kappa shape index (κ2) is 8.09. The van der Waals surface area contributed by atoms with Gasteiger partial charge in [0.2, 0.25) is 5.91 Å². The molecular weight excluding hydrogens is 388 g/mol. The van der Waals surface area contributed by atoms with Crippen LogP contribution in [0.25, 0.3) is 0 Å². The number of esters is 2. The molecule has 1 atom stereocenters. The molecule has 1 aromatic rings. The van der Waals surface area contributed by atoms with E-state index in [0.717, 1.165) is 5.01 Å². The number of hydrogen-bond donors (Lipinski definition) is 0. The minimum absolute atomic E-state index is 0.00722. The lowest BCUT2D eigenvalue weighted by atomic mass is 10.1. The number of rotatable bonds is 5. The fraction of sp³-hybridized carbons (Fsp3) is 0.444. The molecule has 1 aromatic carbocycles. The van der Waals surface area contributed by atoms with Gasteiger partial charge in [-0.1, -0.05) is 12.1 Å². The predicted molar refractivity (Wildman–Crippen MR) is 98.2 cm³/mol. The normalized spacial score (nSPS) is 21.2. The van der Waals surface area contributed by atoms with Gasteiger partial charge in [-0.2, -0.15) is 5.10 Å². The third-order valence-electron chi connectivity index (χ3n) is 4.57. The molecule has 28 heavy (non-hydrogen) atoms. The summed E-state index contributed by atoms with van der Waals surface area (Å²) in [6, 6.07) is 5.94. The number of carbonyl (C=O) groups excluding carboxylic acids is 3. The Morgan fingerprint density at radius 1 is 1.25 bits per heavy atom. The number of hydrogen-bond acceptors (Lipinski definition) is 8. The van der Waals surface area contributed by atoms with Gasteiger partial charge in [-0.25, -0.2) is 23.0 Å². The largest absolute Gasteiger partial charge is 0.465 e. The van der Waals surface area contributed by atoms with Crippen LogP contribution in [0.4, 0.5) is 0 Å². The van der Waals surface area contributed by atoms with E-state index in [1.165, 1.54) is 7.11 Å². The average molecular weight is 408 g/mol. The number of sulfone groups is 1. The van der Waals surface area contributed by atoms with Crippen LogP contribution in [0.3, 0.4) is 0 Å². The van der Waals surface area contributed by atoms with E-state index in [1.807, 2.05) is 0 Å². The van der Waals surface area contributed by atoms with Crippen molar-refractivity contribution in [2.75, 3.05) is 18.6 Å². The molecule has 0 aromatic heterocycles. The number of amides is 1. The fourth-order valence-corrected chi connectivity index (χ4v) is 4.80.